The molecule has 1 atom stereocenters. The van der Waals surface area contributed by atoms with E-state index in [0.717, 1.165) is 25.9 Å². The Balaban J connectivity index is 1.37. The second-order valence-electron chi connectivity index (χ2n) is 6.74. The zero-order valence-electron chi connectivity index (χ0n) is 14.2. The van der Waals surface area contributed by atoms with Crippen LogP contribution in [0.15, 0.2) is 34.5 Å². The van der Waals surface area contributed by atoms with Crippen LogP contribution >= 0.6 is 0 Å². The molecule has 1 saturated heterocycles. The third-order valence-electron chi connectivity index (χ3n) is 4.87. The van der Waals surface area contributed by atoms with Crippen molar-refractivity contribution in [2.45, 2.75) is 37.8 Å². The lowest BCUT2D eigenvalue weighted by Crippen LogP contribution is -2.31. The van der Waals surface area contributed by atoms with Gasteiger partial charge < -0.3 is 10.2 Å². The van der Waals surface area contributed by atoms with E-state index in [1.165, 1.54) is 6.07 Å². The highest BCUT2D eigenvalue weighted by atomic mass is 19.1. The number of hydrogen-bond donors (Lipinski definition) is 1. The van der Waals surface area contributed by atoms with Crippen LogP contribution in [0, 0.1) is 24.1 Å². The standard InChI is InChI=1S/C19H23FN4O/c1-2-3-10-19(22-23-19)11-8-18(25)21-13-15-9-12-24(14-15)17-7-5-4-6-16(17)20/h1,4-7,15H,3,8-14H2,(H,21,25). The molecule has 2 aliphatic rings. The van der Waals surface area contributed by atoms with E-state index in [1.54, 1.807) is 12.1 Å². The van der Waals surface area contributed by atoms with Crippen molar-refractivity contribution < 1.29 is 9.18 Å². The number of nitrogens with one attached hydrogen (secondary N) is 1. The molecule has 1 aromatic rings. The second-order valence-corrected chi connectivity index (χ2v) is 6.74. The van der Waals surface area contributed by atoms with Crippen molar-refractivity contribution >= 4 is 11.6 Å². The van der Waals surface area contributed by atoms with E-state index in [4.69, 9.17) is 6.42 Å². The van der Waals surface area contributed by atoms with Crippen molar-refractivity contribution in [2.75, 3.05) is 24.5 Å². The van der Waals surface area contributed by atoms with E-state index in [1.807, 2.05) is 11.0 Å². The van der Waals surface area contributed by atoms with E-state index in [0.29, 0.717) is 37.4 Å². The summed E-state index contributed by atoms with van der Waals surface area (Å²) >= 11 is 0. The summed E-state index contributed by atoms with van der Waals surface area (Å²) in [6.45, 7) is 2.20. The number of carbonyl (C=O) groups excluding carboxylic acids is 1. The van der Waals surface area contributed by atoms with Gasteiger partial charge in [0.15, 0.2) is 5.66 Å². The first kappa shape index (κ1) is 17.4. The molecule has 1 N–H and O–H groups in total. The third-order valence-corrected chi connectivity index (χ3v) is 4.87. The Kier molecular flexibility index (Phi) is 5.32. The fourth-order valence-electron chi connectivity index (χ4n) is 3.25. The Morgan fingerprint density at radius 2 is 2.20 bits per heavy atom. The largest absolute Gasteiger partial charge is 0.369 e. The predicted molar refractivity (Wildman–Crippen MR) is 94.6 cm³/mol. The highest BCUT2D eigenvalue weighted by Crippen LogP contribution is 2.37. The quantitative estimate of drug-likeness (QED) is 0.738. The Labute approximate surface area is 147 Å². The van der Waals surface area contributed by atoms with Crippen molar-refractivity contribution in [3.8, 4) is 12.3 Å². The Morgan fingerprint density at radius 1 is 1.40 bits per heavy atom. The van der Waals surface area contributed by atoms with Gasteiger partial charge in [0.05, 0.1) is 5.69 Å². The minimum Gasteiger partial charge on any atom is -0.369 e. The first-order valence-corrected chi connectivity index (χ1v) is 8.75. The summed E-state index contributed by atoms with van der Waals surface area (Å²) in [5.74, 6) is 2.75. The van der Waals surface area contributed by atoms with Gasteiger partial charge in [-0.1, -0.05) is 12.1 Å². The van der Waals surface area contributed by atoms with E-state index in [2.05, 4.69) is 21.5 Å². The molecule has 0 aromatic heterocycles. The van der Waals surface area contributed by atoms with Crippen molar-refractivity contribution in [3.63, 3.8) is 0 Å². The average Bonchev–Trinajstić information content (AvgIpc) is 3.24. The number of rotatable bonds is 8. The number of carbonyl (C=O) groups is 1. The molecule has 5 nitrogen and oxygen atoms in total. The maximum absolute atomic E-state index is 13.8. The summed E-state index contributed by atoms with van der Waals surface area (Å²) in [5.41, 5.74) is 0.238. The van der Waals surface area contributed by atoms with Crippen molar-refractivity contribution in [3.05, 3.63) is 30.1 Å². The molecular weight excluding hydrogens is 319 g/mol. The van der Waals surface area contributed by atoms with Crippen LogP contribution in [0.3, 0.4) is 0 Å². The number of halogens is 1. The van der Waals surface area contributed by atoms with Crippen LogP contribution in [0.4, 0.5) is 10.1 Å². The van der Waals surface area contributed by atoms with Gasteiger partial charge in [-0.3, -0.25) is 4.79 Å². The molecular formula is C19H23FN4O. The van der Waals surface area contributed by atoms with Gasteiger partial charge in [-0.05, 0) is 24.5 Å². The Morgan fingerprint density at radius 3 is 2.92 bits per heavy atom. The zero-order valence-corrected chi connectivity index (χ0v) is 14.2. The van der Waals surface area contributed by atoms with Gasteiger partial charge >= 0.3 is 0 Å². The lowest BCUT2D eigenvalue weighted by atomic mass is 10.0. The molecule has 0 bridgehead atoms. The number of terminal acetylenes is 1. The molecule has 0 aliphatic carbocycles. The number of nitrogens with zero attached hydrogens (tertiary/aromatic N) is 3. The molecule has 25 heavy (non-hydrogen) atoms. The smallest absolute Gasteiger partial charge is 0.220 e. The fourth-order valence-corrected chi connectivity index (χ4v) is 3.25. The van der Waals surface area contributed by atoms with Gasteiger partial charge in [0, 0.05) is 45.3 Å². The van der Waals surface area contributed by atoms with Gasteiger partial charge in [-0.2, -0.15) is 10.2 Å². The van der Waals surface area contributed by atoms with E-state index < -0.39 is 5.66 Å². The highest BCUT2D eigenvalue weighted by Gasteiger charge is 2.39. The van der Waals surface area contributed by atoms with Gasteiger partial charge in [0.2, 0.25) is 5.91 Å². The highest BCUT2D eigenvalue weighted by molar-refractivity contribution is 5.76. The number of amides is 1. The summed E-state index contributed by atoms with van der Waals surface area (Å²) < 4.78 is 13.8. The number of para-hydroxylation sites is 1. The van der Waals surface area contributed by atoms with Crippen LogP contribution < -0.4 is 10.2 Å². The Bertz CT molecular complexity index is 691. The van der Waals surface area contributed by atoms with E-state index >= 15 is 0 Å². The van der Waals surface area contributed by atoms with Crippen LogP contribution in [0.1, 0.15) is 32.1 Å². The van der Waals surface area contributed by atoms with Gasteiger partial charge in [0.25, 0.3) is 0 Å². The third kappa shape index (κ3) is 4.56. The number of anilines is 1. The van der Waals surface area contributed by atoms with Crippen molar-refractivity contribution in [1.29, 1.82) is 0 Å². The molecule has 6 heteroatoms. The maximum atomic E-state index is 13.8. The van der Waals surface area contributed by atoms with Crippen LogP contribution in [0.25, 0.3) is 0 Å². The Hall–Kier alpha value is -2.42. The summed E-state index contributed by atoms with van der Waals surface area (Å²) in [6, 6.07) is 6.82. The number of hydrogen-bond acceptors (Lipinski definition) is 4. The molecule has 2 aliphatic heterocycles. The molecule has 0 spiro atoms. The predicted octanol–water partition coefficient (Wildman–Crippen LogP) is 3.12. The van der Waals surface area contributed by atoms with Crippen molar-refractivity contribution in [1.82, 2.24) is 5.32 Å². The average molecular weight is 342 g/mol. The van der Waals surface area contributed by atoms with Crippen LogP contribution in [0.5, 0.6) is 0 Å². The maximum Gasteiger partial charge on any atom is 0.220 e. The first-order valence-electron chi connectivity index (χ1n) is 8.75. The molecule has 132 valence electrons. The van der Waals surface area contributed by atoms with E-state index in [9.17, 15) is 9.18 Å². The van der Waals surface area contributed by atoms with Gasteiger partial charge in [0.1, 0.15) is 5.82 Å². The topological polar surface area (TPSA) is 57.1 Å². The fraction of sp³-hybridized carbons (Fsp3) is 0.526. The van der Waals surface area contributed by atoms with Crippen molar-refractivity contribution in [2.24, 2.45) is 16.1 Å². The monoisotopic (exact) mass is 342 g/mol. The molecule has 1 fully saturated rings. The minimum atomic E-state index is -0.404. The lowest BCUT2D eigenvalue weighted by Gasteiger charge is -2.19. The van der Waals surface area contributed by atoms with Gasteiger partial charge in [-0.15, -0.1) is 12.3 Å². The molecule has 0 radical (unpaired) electrons. The number of benzene rings is 1. The van der Waals surface area contributed by atoms with Crippen LogP contribution in [-0.4, -0.2) is 31.2 Å². The molecule has 1 amide bonds. The minimum absolute atomic E-state index is 0.0155. The van der Waals surface area contributed by atoms with E-state index in [-0.39, 0.29) is 11.7 Å². The second kappa shape index (κ2) is 7.64. The molecule has 2 heterocycles. The molecule has 1 aromatic carbocycles. The lowest BCUT2D eigenvalue weighted by molar-refractivity contribution is -0.121. The van der Waals surface area contributed by atoms with Gasteiger partial charge in [-0.25, -0.2) is 4.39 Å². The SMILES string of the molecule is C#CCCC1(CCC(=O)NCC2CCN(c3ccccc3F)C2)N=N1. The summed E-state index contributed by atoms with van der Waals surface area (Å²) in [4.78, 5) is 14.1. The van der Waals surface area contributed by atoms with Crippen LogP contribution in [-0.2, 0) is 4.79 Å². The summed E-state index contributed by atoms with van der Waals surface area (Å²) in [7, 11) is 0. The van der Waals surface area contributed by atoms with Crippen LogP contribution in [0.2, 0.25) is 0 Å². The zero-order chi connectivity index (χ0) is 17.7. The molecule has 3 rings (SSSR count). The first-order chi connectivity index (χ1) is 12.1. The molecule has 1 unspecified atom stereocenters. The summed E-state index contributed by atoms with van der Waals surface area (Å²) in [5, 5.41) is 11.1. The summed E-state index contributed by atoms with van der Waals surface area (Å²) in [6.07, 6.45) is 8.58. The molecule has 0 saturated carbocycles. The normalized spacial score (nSPS) is 20.3.